The van der Waals surface area contributed by atoms with Gasteiger partial charge in [-0.15, -0.1) is 0 Å². The van der Waals surface area contributed by atoms with Gasteiger partial charge < -0.3 is 14.9 Å². The largest absolute Gasteiger partial charge is 0.347 e. The number of nitrogens with zero attached hydrogens (tertiary/aromatic N) is 3. The number of hydrogen-bond acceptors (Lipinski definition) is 4. The van der Waals surface area contributed by atoms with Gasteiger partial charge in [0.05, 0.1) is 6.04 Å². The first-order chi connectivity index (χ1) is 10.2. The molecular weight excluding hydrogens is 270 g/mol. The van der Waals surface area contributed by atoms with Gasteiger partial charge in [0.2, 0.25) is 0 Å². The second kappa shape index (κ2) is 5.53. The summed E-state index contributed by atoms with van der Waals surface area (Å²) in [6, 6.07) is 3.23. The Labute approximate surface area is 121 Å². The third-order valence-electron chi connectivity index (χ3n) is 3.82. The molecule has 0 bridgehead atoms. The lowest BCUT2D eigenvalue weighted by molar-refractivity contribution is 0.0533. The number of carbonyl (C=O) groups excluding carboxylic acids is 1. The van der Waals surface area contributed by atoms with Gasteiger partial charge in [-0.2, -0.15) is 0 Å². The zero-order valence-corrected chi connectivity index (χ0v) is 11.7. The molecule has 0 aliphatic carbocycles. The lowest BCUT2D eigenvalue weighted by atomic mass is 10.1. The lowest BCUT2D eigenvalue weighted by Gasteiger charge is -2.38. The van der Waals surface area contributed by atoms with Crippen LogP contribution in [0.25, 0.3) is 0 Å². The van der Waals surface area contributed by atoms with Crippen molar-refractivity contribution in [1.29, 1.82) is 0 Å². The summed E-state index contributed by atoms with van der Waals surface area (Å²) in [5.74, 6) is 0.596. The Morgan fingerprint density at radius 3 is 2.90 bits per heavy atom. The second-order valence-corrected chi connectivity index (χ2v) is 5.13. The van der Waals surface area contributed by atoms with Crippen LogP contribution < -0.4 is 5.56 Å². The minimum atomic E-state index is -0.351. The van der Waals surface area contributed by atoms with E-state index in [1.54, 1.807) is 29.4 Å². The van der Waals surface area contributed by atoms with E-state index in [-0.39, 0.29) is 23.1 Å². The van der Waals surface area contributed by atoms with Gasteiger partial charge in [0.15, 0.2) is 0 Å². The zero-order valence-electron chi connectivity index (χ0n) is 11.7. The molecule has 21 heavy (non-hydrogen) atoms. The molecule has 7 nitrogen and oxygen atoms in total. The summed E-state index contributed by atoms with van der Waals surface area (Å²) in [6.07, 6.45) is 4.99. The molecule has 2 aromatic rings. The number of nitrogens with one attached hydrogen (secondary N) is 2. The van der Waals surface area contributed by atoms with Crippen molar-refractivity contribution in [2.75, 3.05) is 26.7 Å². The van der Waals surface area contributed by atoms with Crippen LogP contribution >= 0.6 is 0 Å². The second-order valence-electron chi connectivity index (χ2n) is 5.13. The Morgan fingerprint density at radius 2 is 2.19 bits per heavy atom. The maximum absolute atomic E-state index is 12.5. The quantitative estimate of drug-likeness (QED) is 0.828. The summed E-state index contributed by atoms with van der Waals surface area (Å²) in [5.41, 5.74) is -0.170. The molecule has 1 fully saturated rings. The smallest absolute Gasteiger partial charge is 0.260 e. The highest BCUT2D eigenvalue weighted by molar-refractivity contribution is 5.93. The molecule has 1 aliphatic heterocycles. The number of aromatic nitrogens is 3. The van der Waals surface area contributed by atoms with Crippen molar-refractivity contribution in [2.45, 2.75) is 6.04 Å². The van der Waals surface area contributed by atoms with Gasteiger partial charge in [-0.1, -0.05) is 0 Å². The van der Waals surface area contributed by atoms with E-state index in [2.05, 4.69) is 19.9 Å². The van der Waals surface area contributed by atoms with Crippen molar-refractivity contribution in [3.63, 3.8) is 0 Å². The van der Waals surface area contributed by atoms with Gasteiger partial charge >= 0.3 is 0 Å². The van der Waals surface area contributed by atoms with Crippen molar-refractivity contribution in [2.24, 2.45) is 0 Å². The van der Waals surface area contributed by atoms with Crippen molar-refractivity contribution >= 4 is 5.91 Å². The standard InChI is InChI=1S/C14H17N5O2/c1-18-7-8-19(9-11(18)12-15-5-6-16-12)14(21)10-3-2-4-17-13(10)20/h2-6,11H,7-9H2,1H3,(H,15,16)(H,17,20). The fraction of sp³-hybridized carbons (Fsp3) is 0.357. The number of hydrogen-bond donors (Lipinski definition) is 2. The summed E-state index contributed by atoms with van der Waals surface area (Å²) >= 11 is 0. The van der Waals surface area contributed by atoms with Crippen LogP contribution in [0, 0.1) is 0 Å². The molecule has 2 N–H and O–H groups in total. The van der Waals surface area contributed by atoms with Crippen LogP contribution in [0.2, 0.25) is 0 Å². The minimum absolute atomic E-state index is 0.0143. The third kappa shape index (κ3) is 2.59. The molecule has 1 atom stereocenters. The Bertz CT molecular complexity index is 679. The topological polar surface area (TPSA) is 85.1 Å². The number of likely N-dealkylation sites (N-methyl/N-ethyl adjacent to an activating group) is 1. The van der Waals surface area contributed by atoms with E-state index >= 15 is 0 Å². The molecule has 110 valence electrons. The predicted octanol–water partition coefficient (Wildman–Crippen LogP) is 0.227. The van der Waals surface area contributed by atoms with Gasteiger partial charge in [0.1, 0.15) is 11.4 Å². The fourth-order valence-electron chi connectivity index (χ4n) is 2.57. The van der Waals surface area contributed by atoms with Gasteiger partial charge in [0, 0.05) is 38.2 Å². The van der Waals surface area contributed by atoms with Gasteiger partial charge in [-0.05, 0) is 19.2 Å². The Kier molecular flexibility index (Phi) is 3.57. The van der Waals surface area contributed by atoms with Crippen LogP contribution in [0.5, 0.6) is 0 Å². The summed E-state index contributed by atoms with van der Waals surface area (Å²) < 4.78 is 0. The summed E-state index contributed by atoms with van der Waals surface area (Å²) in [5, 5.41) is 0. The number of amides is 1. The molecule has 0 spiro atoms. The van der Waals surface area contributed by atoms with E-state index < -0.39 is 0 Å². The average Bonchev–Trinajstić information content (AvgIpc) is 3.01. The average molecular weight is 287 g/mol. The molecule has 0 radical (unpaired) electrons. The minimum Gasteiger partial charge on any atom is -0.347 e. The van der Waals surface area contributed by atoms with E-state index in [1.165, 1.54) is 6.20 Å². The van der Waals surface area contributed by atoms with Crippen molar-refractivity contribution in [3.8, 4) is 0 Å². The van der Waals surface area contributed by atoms with E-state index in [1.807, 2.05) is 7.05 Å². The molecule has 0 aromatic carbocycles. The Balaban J connectivity index is 1.82. The van der Waals surface area contributed by atoms with Crippen LogP contribution in [-0.4, -0.2) is 57.3 Å². The summed E-state index contributed by atoms with van der Waals surface area (Å²) in [6.45, 7) is 1.85. The Hall–Kier alpha value is -2.41. The SMILES string of the molecule is CN1CCN(C(=O)c2ccc[nH]c2=O)CC1c1ncc[nH]1. The number of rotatable bonds is 2. The van der Waals surface area contributed by atoms with Crippen LogP contribution in [-0.2, 0) is 0 Å². The molecule has 3 heterocycles. The van der Waals surface area contributed by atoms with Crippen LogP contribution in [0.3, 0.4) is 0 Å². The number of pyridine rings is 1. The highest BCUT2D eigenvalue weighted by Gasteiger charge is 2.30. The highest BCUT2D eigenvalue weighted by atomic mass is 16.2. The lowest BCUT2D eigenvalue weighted by Crippen LogP contribution is -2.50. The predicted molar refractivity (Wildman–Crippen MR) is 76.9 cm³/mol. The summed E-state index contributed by atoms with van der Waals surface area (Å²) in [4.78, 5) is 38.0. The molecule has 1 unspecified atom stereocenters. The molecule has 1 amide bonds. The number of aromatic amines is 2. The van der Waals surface area contributed by atoms with E-state index in [0.29, 0.717) is 13.1 Å². The van der Waals surface area contributed by atoms with Crippen LogP contribution in [0.4, 0.5) is 0 Å². The molecule has 0 saturated carbocycles. The van der Waals surface area contributed by atoms with Crippen molar-refractivity contribution < 1.29 is 4.79 Å². The van der Waals surface area contributed by atoms with Crippen molar-refractivity contribution in [1.82, 2.24) is 24.8 Å². The van der Waals surface area contributed by atoms with Gasteiger partial charge in [-0.25, -0.2) is 4.98 Å². The maximum atomic E-state index is 12.5. The molecule has 1 saturated heterocycles. The normalized spacial score (nSPS) is 19.7. The zero-order chi connectivity index (χ0) is 14.8. The third-order valence-corrected chi connectivity index (χ3v) is 3.82. The molecule has 1 aliphatic rings. The first-order valence-corrected chi connectivity index (χ1v) is 6.83. The number of H-pyrrole nitrogens is 2. The van der Waals surface area contributed by atoms with Gasteiger partial charge in [-0.3, -0.25) is 14.5 Å². The fourth-order valence-corrected chi connectivity index (χ4v) is 2.57. The monoisotopic (exact) mass is 287 g/mol. The number of piperazine rings is 1. The Morgan fingerprint density at radius 1 is 1.33 bits per heavy atom. The summed E-state index contributed by atoms with van der Waals surface area (Å²) in [7, 11) is 2.00. The van der Waals surface area contributed by atoms with Gasteiger partial charge in [0.25, 0.3) is 11.5 Å². The van der Waals surface area contributed by atoms with Crippen LogP contribution in [0.15, 0.2) is 35.5 Å². The highest BCUT2D eigenvalue weighted by Crippen LogP contribution is 2.21. The first-order valence-electron chi connectivity index (χ1n) is 6.83. The van der Waals surface area contributed by atoms with E-state index in [9.17, 15) is 9.59 Å². The molecule has 2 aromatic heterocycles. The first kappa shape index (κ1) is 13.6. The van der Waals surface area contributed by atoms with Crippen LogP contribution in [0.1, 0.15) is 22.2 Å². The van der Waals surface area contributed by atoms with E-state index in [0.717, 1.165) is 12.4 Å². The molecule has 7 heteroatoms. The number of carbonyl (C=O) groups is 1. The van der Waals surface area contributed by atoms with E-state index in [4.69, 9.17) is 0 Å². The van der Waals surface area contributed by atoms with Crippen molar-refractivity contribution in [3.05, 3.63) is 52.5 Å². The maximum Gasteiger partial charge on any atom is 0.260 e. The molecular formula is C14H17N5O2. The number of imidazole rings is 1. The molecule has 3 rings (SSSR count).